The Kier molecular flexibility index (Phi) is 5.81. The highest BCUT2D eigenvalue weighted by Gasteiger charge is 2.24. The number of ether oxygens (including phenoxy) is 1. The van der Waals surface area contributed by atoms with Gasteiger partial charge in [-0.1, -0.05) is 23.8 Å². The van der Waals surface area contributed by atoms with Gasteiger partial charge in [-0.15, -0.1) is 0 Å². The topological polar surface area (TPSA) is 74.4 Å². The Balaban J connectivity index is 1.61. The molecule has 0 bridgehead atoms. The predicted octanol–water partition coefficient (Wildman–Crippen LogP) is 4.19. The van der Waals surface area contributed by atoms with Crippen molar-refractivity contribution in [1.29, 1.82) is 0 Å². The second kappa shape index (κ2) is 8.67. The number of benzene rings is 2. The second-order valence-corrected chi connectivity index (χ2v) is 7.64. The summed E-state index contributed by atoms with van der Waals surface area (Å²) < 4.78 is 19.7. The first kappa shape index (κ1) is 20.1. The normalized spacial score (nSPS) is 16.0. The number of anilines is 1. The third-order valence-corrected chi connectivity index (χ3v) is 5.29. The number of urea groups is 1. The number of fused-ring (bicyclic) bond motifs is 1. The van der Waals surface area contributed by atoms with Crippen molar-refractivity contribution >= 4 is 22.6 Å². The van der Waals surface area contributed by atoms with Gasteiger partial charge in [0.25, 0.3) is 5.56 Å². The maximum Gasteiger partial charge on any atom is 0.322 e. The van der Waals surface area contributed by atoms with E-state index in [1.807, 2.05) is 25.1 Å². The van der Waals surface area contributed by atoms with E-state index in [0.29, 0.717) is 18.7 Å². The molecule has 0 unspecified atom stereocenters. The lowest BCUT2D eigenvalue weighted by molar-refractivity contribution is 0.0818. The monoisotopic (exact) mass is 409 g/mol. The molecule has 0 saturated carbocycles. The molecule has 7 heteroatoms. The summed E-state index contributed by atoms with van der Waals surface area (Å²) in [4.78, 5) is 30.0. The number of carbonyl (C=O) groups is 1. The van der Waals surface area contributed by atoms with Crippen molar-refractivity contribution in [3.8, 4) is 0 Å². The zero-order valence-corrected chi connectivity index (χ0v) is 16.8. The second-order valence-electron chi connectivity index (χ2n) is 7.64. The summed E-state index contributed by atoms with van der Waals surface area (Å²) in [6, 6.07) is 13.1. The van der Waals surface area contributed by atoms with Gasteiger partial charge in [0.2, 0.25) is 0 Å². The van der Waals surface area contributed by atoms with Crippen LogP contribution in [0.5, 0.6) is 0 Å². The number of hydrogen-bond donors (Lipinski definition) is 2. The first-order chi connectivity index (χ1) is 14.5. The minimum absolute atomic E-state index is 0.0966. The molecular formula is C23H24FN3O3. The SMILES string of the molecule is Cc1ccc2[nH]c(=O)c(CN(C[C@H]3CCCO3)C(=O)Nc3ccccc3F)cc2c1. The number of para-hydroxylation sites is 1. The van der Waals surface area contributed by atoms with Crippen LogP contribution >= 0.6 is 0 Å². The van der Waals surface area contributed by atoms with Crippen LogP contribution in [0.1, 0.15) is 24.0 Å². The molecule has 6 nitrogen and oxygen atoms in total. The number of aryl methyl sites for hydroxylation is 1. The predicted molar refractivity (Wildman–Crippen MR) is 114 cm³/mol. The Bertz CT molecular complexity index is 1120. The molecule has 1 aliphatic heterocycles. The molecule has 30 heavy (non-hydrogen) atoms. The van der Waals surface area contributed by atoms with Crippen LogP contribution in [-0.2, 0) is 11.3 Å². The fraction of sp³-hybridized carbons (Fsp3) is 0.304. The van der Waals surface area contributed by atoms with Crippen molar-refractivity contribution < 1.29 is 13.9 Å². The van der Waals surface area contributed by atoms with E-state index in [4.69, 9.17) is 4.74 Å². The fourth-order valence-electron chi connectivity index (χ4n) is 3.70. The van der Waals surface area contributed by atoms with Gasteiger partial charge >= 0.3 is 6.03 Å². The third kappa shape index (κ3) is 4.52. The summed E-state index contributed by atoms with van der Waals surface area (Å²) in [5.74, 6) is -0.512. The molecular weight excluding hydrogens is 385 g/mol. The summed E-state index contributed by atoms with van der Waals surface area (Å²) in [5, 5.41) is 3.51. The van der Waals surface area contributed by atoms with Gasteiger partial charge in [0.15, 0.2) is 0 Å². The molecule has 156 valence electrons. The van der Waals surface area contributed by atoms with Gasteiger partial charge in [-0.25, -0.2) is 9.18 Å². The average Bonchev–Trinajstić information content (AvgIpc) is 3.23. The zero-order valence-electron chi connectivity index (χ0n) is 16.8. The minimum atomic E-state index is -0.512. The molecule has 2 amide bonds. The van der Waals surface area contributed by atoms with Crippen LogP contribution in [0.15, 0.2) is 53.3 Å². The van der Waals surface area contributed by atoms with Crippen LogP contribution in [0.25, 0.3) is 10.9 Å². The van der Waals surface area contributed by atoms with Gasteiger partial charge in [0, 0.05) is 24.2 Å². The molecule has 2 N–H and O–H groups in total. The molecule has 4 rings (SSSR count). The maximum absolute atomic E-state index is 14.0. The summed E-state index contributed by atoms with van der Waals surface area (Å²) in [6.07, 6.45) is 1.68. The lowest BCUT2D eigenvalue weighted by Crippen LogP contribution is -2.41. The van der Waals surface area contributed by atoms with Gasteiger partial charge in [0.05, 0.1) is 18.3 Å². The lowest BCUT2D eigenvalue weighted by atomic mass is 10.1. The van der Waals surface area contributed by atoms with Gasteiger partial charge in [-0.3, -0.25) is 4.79 Å². The first-order valence-corrected chi connectivity index (χ1v) is 10.0. The Hall–Kier alpha value is -3.19. The van der Waals surface area contributed by atoms with Gasteiger partial charge in [0.1, 0.15) is 5.82 Å². The first-order valence-electron chi connectivity index (χ1n) is 10.0. The number of aromatic nitrogens is 1. The van der Waals surface area contributed by atoms with Crippen molar-refractivity contribution in [1.82, 2.24) is 9.88 Å². The van der Waals surface area contributed by atoms with E-state index in [1.165, 1.54) is 17.0 Å². The molecule has 0 aliphatic carbocycles. The zero-order chi connectivity index (χ0) is 21.1. The molecule has 3 aromatic rings. The van der Waals surface area contributed by atoms with E-state index in [1.54, 1.807) is 18.2 Å². The van der Waals surface area contributed by atoms with E-state index in [-0.39, 0.29) is 23.9 Å². The van der Waals surface area contributed by atoms with Crippen molar-refractivity contribution in [2.45, 2.75) is 32.4 Å². The summed E-state index contributed by atoms with van der Waals surface area (Å²) in [6.45, 7) is 3.06. The number of amides is 2. The number of nitrogens with one attached hydrogen (secondary N) is 2. The number of H-pyrrole nitrogens is 1. The van der Waals surface area contributed by atoms with Crippen LogP contribution in [0.3, 0.4) is 0 Å². The van der Waals surface area contributed by atoms with Crippen molar-refractivity contribution in [3.63, 3.8) is 0 Å². The van der Waals surface area contributed by atoms with Crippen molar-refractivity contribution in [2.24, 2.45) is 0 Å². The maximum atomic E-state index is 14.0. The standard InChI is InChI=1S/C23H24FN3O3/c1-15-8-9-20-16(11-15)12-17(22(28)25-20)13-27(14-18-5-4-10-30-18)23(29)26-21-7-3-2-6-19(21)24/h2-3,6-9,11-12,18H,4-5,10,13-14H2,1H3,(H,25,28)(H,26,29)/t18-/m1/s1. The van der Waals surface area contributed by atoms with Crippen LogP contribution in [0, 0.1) is 12.7 Å². The van der Waals surface area contributed by atoms with Gasteiger partial charge in [-0.2, -0.15) is 0 Å². The molecule has 1 aromatic heterocycles. The smallest absolute Gasteiger partial charge is 0.322 e. The van der Waals surface area contributed by atoms with Crippen molar-refractivity contribution in [2.75, 3.05) is 18.5 Å². The summed E-state index contributed by atoms with van der Waals surface area (Å²) in [7, 11) is 0. The Morgan fingerprint density at radius 2 is 2.10 bits per heavy atom. The Morgan fingerprint density at radius 3 is 2.87 bits per heavy atom. The highest BCUT2D eigenvalue weighted by atomic mass is 19.1. The number of carbonyl (C=O) groups excluding carboxylic acids is 1. The third-order valence-electron chi connectivity index (χ3n) is 5.29. The molecule has 1 aliphatic rings. The number of halogens is 1. The van der Waals surface area contributed by atoms with Crippen LogP contribution in [-0.4, -0.2) is 35.2 Å². The van der Waals surface area contributed by atoms with Crippen LogP contribution in [0.2, 0.25) is 0 Å². The number of hydrogen-bond acceptors (Lipinski definition) is 3. The largest absolute Gasteiger partial charge is 0.376 e. The molecule has 1 fully saturated rings. The lowest BCUT2D eigenvalue weighted by Gasteiger charge is -2.26. The molecule has 2 aromatic carbocycles. The number of nitrogens with zero attached hydrogens (tertiary/aromatic N) is 1. The Morgan fingerprint density at radius 1 is 1.27 bits per heavy atom. The van der Waals surface area contributed by atoms with Gasteiger partial charge in [-0.05, 0) is 55.5 Å². The van der Waals surface area contributed by atoms with E-state index >= 15 is 0 Å². The fourth-order valence-corrected chi connectivity index (χ4v) is 3.70. The number of aromatic amines is 1. The van der Waals surface area contributed by atoms with Crippen molar-refractivity contribution in [3.05, 3.63) is 75.8 Å². The molecule has 0 radical (unpaired) electrons. The number of rotatable bonds is 5. The van der Waals surface area contributed by atoms with Crippen LogP contribution in [0.4, 0.5) is 14.9 Å². The minimum Gasteiger partial charge on any atom is -0.376 e. The highest BCUT2D eigenvalue weighted by Crippen LogP contribution is 2.19. The molecule has 1 atom stereocenters. The van der Waals surface area contributed by atoms with E-state index in [9.17, 15) is 14.0 Å². The quantitative estimate of drug-likeness (QED) is 0.664. The van der Waals surface area contributed by atoms with E-state index in [0.717, 1.165) is 29.3 Å². The highest BCUT2D eigenvalue weighted by molar-refractivity contribution is 5.89. The van der Waals surface area contributed by atoms with E-state index in [2.05, 4.69) is 10.3 Å². The summed E-state index contributed by atoms with van der Waals surface area (Å²) >= 11 is 0. The number of pyridine rings is 1. The van der Waals surface area contributed by atoms with Gasteiger partial charge < -0.3 is 19.9 Å². The Labute approximate surface area is 173 Å². The molecule has 2 heterocycles. The average molecular weight is 409 g/mol. The van der Waals surface area contributed by atoms with Crippen LogP contribution < -0.4 is 10.9 Å². The molecule has 1 saturated heterocycles. The van der Waals surface area contributed by atoms with E-state index < -0.39 is 11.8 Å². The molecule has 0 spiro atoms. The summed E-state index contributed by atoms with van der Waals surface area (Å²) in [5.41, 5.74) is 2.14.